The summed E-state index contributed by atoms with van der Waals surface area (Å²) < 4.78 is 6.26. The van der Waals surface area contributed by atoms with Crippen LogP contribution in [0.15, 0.2) is 48.5 Å². The zero-order chi connectivity index (χ0) is 14.4. The molecule has 0 radical (unpaired) electrons. The van der Waals surface area contributed by atoms with E-state index in [9.17, 15) is 4.79 Å². The van der Waals surface area contributed by atoms with Gasteiger partial charge in [0.1, 0.15) is 11.8 Å². The van der Waals surface area contributed by atoms with Crippen LogP contribution in [0.25, 0.3) is 0 Å². The van der Waals surface area contributed by atoms with E-state index in [1.807, 2.05) is 18.2 Å². The van der Waals surface area contributed by atoms with Crippen LogP contribution in [0.1, 0.15) is 10.4 Å². The summed E-state index contributed by atoms with van der Waals surface area (Å²) in [4.78, 5) is 12.2. The number of nitrogens with zero attached hydrogens (tertiary/aromatic N) is 1. The summed E-state index contributed by atoms with van der Waals surface area (Å²) in [5.74, 6) is 0.268. The second-order valence-electron chi connectivity index (χ2n) is 3.91. The Morgan fingerprint density at radius 3 is 2.80 bits per heavy atom. The molecular formula is C15H11IN2O2. The van der Waals surface area contributed by atoms with Gasteiger partial charge in [0.05, 0.1) is 5.69 Å². The highest BCUT2D eigenvalue weighted by Crippen LogP contribution is 2.24. The average molecular weight is 378 g/mol. The lowest BCUT2D eigenvalue weighted by Crippen LogP contribution is -2.13. The lowest BCUT2D eigenvalue weighted by molar-refractivity contribution is 0.102. The number of hydrogen-bond donors (Lipinski definition) is 1. The van der Waals surface area contributed by atoms with Crippen LogP contribution in [0.3, 0.4) is 0 Å². The fourth-order valence-corrected chi connectivity index (χ4v) is 2.17. The molecule has 0 atom stereocenters. The summed E-state index contributed by atoms with van der Waals surface area (Å²) in [6.45, 7) is -0.0594. The summed E-state index contributed by atoms with van der Waals surface area (Å²) in [6, 6.07) is 16.2. The average Bonchev–Trinajstić information content (AvgIpc) is 2.46. The number of nitrogens with one attached hydrogen (secondary N) is 1. The summed E-state index contributed by atoms with van der Waals surface area (Å²) in [5, 5.41) is 11.3. The Hall–Kier alpha value is -2.07. The molecule has 0 saturated heterocycles. The van der Waals surface area contributed by atoms with Gasteiger partial charge in [-0.1, -0.05) is 18.2 Å². The monoisotopic (exact) mass is 378 g/mol. The highest BCUT2D eigenvalue weighted by Gasteiger charge is 2.09. The van der Waals surface area contributed by atoms with Crippen molar-refractivity contribution < 1.29 is 9.53 Å². The van der Waals surface area contributed by atoms with E-state index in [1.54, 1.807) is 36.4 Å². The molecule has 5 heteroatoms. The van der Waals surface area contributed by atoms with Crippen LogP contribution in [-0.4, -0.2) is 12.5 Å². The van der Waals surface area contributed by atoms with E-state index in [4.69, 9.17) is 10.00 Å². The molecule has 100 valence electrons. The van der Waals surface area contributed by atoms with Crippen LogP contribution in [0.2, 0.25) is 0 Å². The first-order valence-electron chi connectivity index (χ1n) is 5.86. The number of nitriles is 1. The van der Waals surface area contributed by atoms with Crippen LogP contribution in [0.5, 0.6) is 5.75 Å². The van der Waals surface area contributed by atoms with Crippen LogP contribution >= 0.6 is 22.6 Å². The van der Waals surface area contributed by atoms with Gasteiger partial charge in [0, 0.05) is 9.13 Å². The Kier molecular flexibility index (Phi) is 4.96. The number of hydrogen-bond acceptors (Lipinski definition) is 3. The number of ether oxygens (including phenoxy) is 1. The molecule has 0 fully saturated rings. The van der Waals surface area contributed by atoms with Gasteiger partial charge in [-0.3, -0.25) is 4.79 Å². The van der Waals surface area contributed by atoms with Gasteiger partial charge in [0.2, 0.25) is 0 Å². The van der Waals surface area contributed by atoms with E-state index >= 15 is 0 Å². The quantitative estimate of drug-likeness (QED) is 0.830. The molecule has 20 heavy (non-hydrogen) atoms. The Balaban J connectivity index is 2.18. The summed E-state index contributed by atoms with van der Waals surface area (Å²) >= 11 is 2.15. The van der Waals surface area contributed by atoms with Crippen molar-refractivity contribution in [3.63, 3.8) is 0 Å². The largest absolute Gasteiger partial charge is 0.477 e. The first kappa shape index (κ1) is 14.3. The van der Waals surface area contributed by atoms with Gasteiger partial charge in [-0.25, -0.2) is 0 Å². The lowest BCUT2D eigenvalue weighted by atomic mass is 10.2. The fraction of sp³-hybridized carbons (Fsp3) is 0.0667. The number of para-hydroxylation sites is 2. The maximum atomic E-state index is 12.2. The zero-order valence-corrected chi connectivity index (χ0v) is 12.6. The number of carbonyl (C=O) groups is 1. The molecule has 2 aromatic carbocycles. The Labute approximate surface area is 130 Å². The minimum Gasteiger partial charge on any atom is -0.477 e. The van der Waals surface area contributed by atoms with Crippen LogP contribution in [0, 0.1) is 14.9 Å². The van der Waals surface area contributed by atoms with Crippen molar-refractivity contribution in [2.75, 3.05) is 11.9 Å². The smallest absolute Gasteiger partial charge is 0.255 e. The molecule has 0 unspecified atom stereocenters. The van der Waals surface area contributed by atoms with Gasteiger partial charge in [-0.05, 0) is 52.9 Å². The first-order chi connectivity index (χ1) is 9.70. The van der Waals surface area contributed by atoms with Gasteiger partial charge >= 0.3 is 0 Å². The SMILES string of the molecule is N#CCOc1ccccc1NC(=O)c1cccc(I)c1. The van der Waals surface area contributed by atoms with Crippen molar-refractivity contribution in [2.45, 2.75) is 0 Å². The number of amides is 1. The van der Waals surface area contributed by atoms with E-state index in [1.165, 1.54) is 0 Å². The molecule has 0 heterocycles. The third-order valence-electron chi connectivity index (χ3n) is 2.51. The summed E-state index contributed by atoms with van der Waals surface area (Å²) in [7, 11) is 0. The molecular weight excluding hydrogens is 367 g/mol. The Bertz CT molecular complexity index is 665. The predicted octanol–water partition coefficient (Wildman–Crippen LogP) is 3.45. The van der Waals surface area contributed by atoms with E-state index < -0.39 is 0 Å². The highest BCUT2D eigenvalue weighted by atomic mass is 127. The van der Waals surface area contributed by atoms with Gasteiger partial charge < -0.3 is 10.1 Å². The van der Waals surface area contributed by atoms with Crippen LogP contribution in [-0.2, 0) is 0 Å². The number of halogens is 1. The van der Waals surface area contributed by atoms with Crippen molar-refractivity contribution in [1.29, 1.82) is 5.26 Å². The second kappa shape index (κ2) is 6.91. The number of rotatable bonds is 4. The number of carbonyl (C=O) groups excluding carboxylic acids is 1. The van der Waals surface area contributed by atoms with Crippen molar-refractivity contribution >= 4 is 34.2 Å². The molecule has 0 bridgehead atoms. The molecule has 4 nitrogen and oxygen atoms in total. The van der Waals surface area contributed by atoms with E-state index in [2.05, 4.69) is 27.9 Å². The van der Waals surface area contributed by atoms with E-state index in [0.29, 0.717) is 17.0 Å². The van der Waals surface area contributed by atoms with Gasteiger partial charge in [0.15, 0.2) is 6.61 Å². The number of anilines is 1. The molecule has 0 aliphatic rings. The van der Waals surface area contributed by atoms with Gasteiger partial charge in [-0.15, -0.1) is 0 Å². The zero-order valence-electron chi connectivity index (χ0n) is 10.5. The molecule has 0 aliphatic carbocycles. The standard InChI is InChI=1S/C15H11IN2O2/c16-12-5-3-4-11(10-12)15(19)18-13-6-1-2-7-14(13)20-9-8-17/h1-7,10H,9H2,(H,18,19). The molecule has 1 amide bonds. The normalized spacial score (nSPS) is 9.60. The summed E-state index contributed by atoms with van der Waals surface area (Å²) in [6.07, 6.45) is 0. The van der Waals surface area contributed by atoms with Gasteiger partial charge in [0.25, 0.3) is 5.91 Å². The molecule has 0 saturated carbocycles. The molecule has 0 aromatic heterocycles. The van der Waals surface area contributed by atoms with Gasteiger partial charge in [-0.2, -0.15) is 5.26 Å². The fourth-order valence-electron chi connectivity index (χ4n) is 1.63. The van der Waals surface area contributed by atoms with E-state index in [-0.39, 0.29) is 12.5 Å². The third-order valence-corrected chi connectivity index (χ3v) is 3.19. The minimum absolute atomic E-state index is 0.0594. The molecule has 0 spiro atoms. The molecule has 0 aliphatic heterocycles. The maximum absolute atomic E-state index is 12.2. The molecule has 1 N–H and O–H groups in total. The van der Waals surface area contributed by atoms with Crippen molar-refractivity contribution in [1.82, 2.24) is 0 Å². The maximum Gasteiger partial charge on any atom is 0.255 e. The highest BCUT2D eigenvalue weighted by molar-refractivity contribution is 14.1. The van der Waals surface area contributed by atoms with Crippen molar-refractivity contribution in [3.05, 3.63) is 57.7 Å². The predicted molar refractivity (Wildman–Crippen MR) is 84.7 cm³/mol. The van der Waals surface area contributed by atoms with Crippen LogP contribution < -0.4 is 10.1 Å². The Morgan fingerprint density at radius 1 is 1.25 bits per heavy atom. The number of benzene rings is 2. The van der Waals surface area contributed by atoms with Crippen LogP contribution in [0.4, 0.5) is 5.69 Å². The molecule has 2 rings (SSSR count). The Morgan fingerprint density at radius 2 is 2.05 bits per heavy atom. The minimum atomic E-state index is -0.212. The van der Waals surface area contributed by atoms with Crippen molar-refractivity contribution in [2.24, 2.45) is 0 Å². The second-order valence-corrected chi connectivity index (χ2v) is 5.15. The lowest BCUT2D eigenvalue weighted by Gasteiger charge is -2.10. The summed E-state index contributed by atoms with van der Waals surface area (Å²) in [5.41, 5.74) is 1.12. The third kappa shape index (κ3) is 3.71. The van der Waals surface area contributed by atoms with Crippen molar-refractivity contribution in [3.8, 4) is 11.8 Å². The first-order valence-corrected chi connectivity index (χ1v) is 6.94. The topological polar surface area (TPSA) is 62.1 Å². The van der Waals surface area contributed by atoms with E-state index in [0.717, 1.165) is 3.57 Å². The molecule has 2 aromatic rings.